The van der Waals surface area contributed by atoms with Gasteiger partial charge in [-0.15, -0.1) is 0 Å². The number of nitrogens with one attached hydrogen (secondary N) is 2. The summed E-state index contributed by atoms with van der Waals surface area (Å²) in [6.45, 7) is 3.51. The summed E-state index contributed by atoms with van der Waals surface area (Å²) >= 11 is 0. The molecule has 0 spiro atoms. The van der Waals surface area contributed by atoms with Crippen molar-refractivity contribution in [2.24, 2.45) is 0 Å². The Balaban J connectivity index is 1.39. The van der Waals surface area contributed by atoms with Crippen molar-refractivity contribution in [2.45, 2.75) is 37.8 Å². The van der Waals surface area contributed by atoms with Gasteiger partial charge in [-0.25, -0.2) is 33.3 Å². The molecule has 0 saturated carbocycles. The largest absolute Gasteiger partial charge is 0.477 e. The van der Waals surface area contributed by atoms with Gasteiger partial charge in [-0.2, -0.15) is 4.98 Å². The number of piperidine rings is 1. The number of halogens is 2. The Morgan fingerprint density at radius 1 is 1.18 bits per heavy atom. The molecule has 15 heteroatoms. The predicted molar refractivity (Wildman–Crippen MR) is 133 cm³/mol. The Bertz CT molecular complexity index is 1120. The molecule has 0 unspecified atom stereocenters. The van der Waals surface area contributed by atoms with E-state index >= 15 is 0 Å². The number of amides is 3. The van der Waals surface area contributed by atoms with Crippen LogP contribution in [0.4, 0.5) is 30.1 Å². The summed E-state index contributed by atoms with van der Waals surface area (Å²) in [5, 5.41) is 5.26. The van der Waals surface area contributed by atoms with Gasteiger partial charge in [0.2, 0.25) is 17.7 Å². The van der Waals surface area contributed by atoms with Gasteiger partial charge in [0.1, 0.15) is 6.04 Å². The number of nitrogens with zero attached hydrogens (tertiary/aromatic N) is 7. The third-order valence-corrected chi connectivity index (χ3v) is 6.35. The van der Waals surface area contributed by atoms with Crippen LogP contribution in [0, 0.1) is 0 Å². The highest BCUT2D eigenvalue weighted by atomic mass is 19.3. The topological polar surface area (TPSA) is 138 Å². The molecule has 4 heterocycles. The quantitative estimate of drug-likeness (QED) is 0.540. The number of ether oxygens (including phenoxy) is 2. The van der Waals surface area contributed by atoms with Gasteiger partial charge in [-0.3, -0.25) is 5.32 Å². The third kappa shape index (κ3) is 6.70. The number of carbonyl (C=O) groups is 2. The summed E-state index contributed by atoms with van der Waals surface area (Å²) < 4.78 is 40.3. The average Bonchev–Trinajstić information content (AvgIpc) is 3.29. The molecule has 2 aromatic rings. The van der Waals surface area contributed by atoms with Gasteiger partial charge in [-0.1, -0.05) is 0 Å². The van der Waals surface area contributed by atoms with Crippen LogP contribution in [0.15, 0.2) is 24.7 Å². The van der Waals surface area contributed by atoms with Crippen LogP contribution in [0.5, 0.6) is 11.8 Å². The van der Waals surface area contributed by atoms with Crippen LogP contribution in [0.25, 0.3) is 0 Å². The van der Waals surface area contributed by atoms with E-state index in [-0.39, 0.29) is 42.7 Å². The minimum atomic E-state index is -3.16. The molecule has 0 aliphatic carbocycles. The molecule has 2 aromatic heterocycles. The smallest absolute Gasteiger partial charge is 0.414 e. The standard InChI is InChI=1S/C23H31F2N9O4/c1-4-37-19-12-27-17(11-28-19)30-21(35)33(3)16-14-34(10-7-23(16,24)25)20-26-8-5-18(31-20)38-22(36)29-15-6-9-32(2)13-15/h5,8,11-12,15-16H,4,6-7,9-10,13-14H2,1-3H3,(H,29,36)(H,27,30,35)/t15-,16-/m0/s1. The summed E-state index contributed by atoms with van der Waals surface area (Å²) in [7, 11) is 3.25. The predicted octanol–water partition coefficient (Wildman–Crippen LogP) is 1.84. The van der Waals surface area contributed by atoms with Crippen molar-refractivity contribution in [3.63, 3.8) is 0 Å². The van der Waals surface area contributed by atoms with Crippen LogP contribution in [-0.2, 0) is 0 Å². The van der Waals surface area contributed by atoms with E-state index in [9.17, 15) is 18.4 Å². The van der Waals surface area contributed by atoms with Crippen molar-refractivity contribution in [3.8, 4) is 11.8 Å². The lowest BCUT2D eigenvalue weighted by Gasteiger charge is -2.42. The maximum absolute atomic E-state index is 14.9. The maximum Gasteiger partial charge on any atom is 0.414 e. The first-order valence-corrected chi connectivity index (χ1v) is 12.3. The highest BCUT2D eigenvalue weighted by Crippen LogP contribution is 2.33. The summed E-state index contributed by atoms with van der Waals surface area (Å²) in [6.07, 6.45) is 3.64. The number of likely N-dealkylation sites (tertiary alicyclic amines) is 1. The monoisotopic (exact) mass is 535 g/mol. The minimum Gasteiger partial charge on any atom is -0.477 e. The van der Waals surface area contributed by atoms with E-state index in [0.29, 0.717) is 6.61 Å². The molecule has 4 rings (SSSR count). The van der Waals surface area contributed by atoms with E-state index in [4.69, 9.17) is 9.47 Å². The Morgan fingerprint density at radius 3 is 2.68 bits per heavy atom. The normalized spacial score (nSPS) is 21.0. The van der Waals surface area contributed by atoms with E-state index in [0.717, 1.165) is 24.4 Å². The van der Waals surface area contributed by atoms with Crippen molar-refractivity contribution in [2.75, 3.05) is 57.1 Å². The molecule has 3 amide bonds. The lowest BCUT2D eigenvalue weighted by atomic mass is 10.00. The first-order chi connectivity index (χ1) is 18.1. The summed E-state index contributed by atoms with van der Waals surface area (Å²) in [5.74, 6) is -2.68. The zero-order valence-corrected chi connectivity index (χ0v) is 21.4. The molecular weight excluding hydrogens is 504 g/mol. The van der Waals surface area contributed by atoms with Crippen LogP contribution in [0.1, 0.15) is 19.8 Å². The van der Waals surface area contributed by atoms with Gasteiger partial charge in [0.25, 0.3) is 5.92 Å². The zero-order valence-electron chi connectivity index (χ0n) is 21.4. The second-order valence-electron chi connectivity index (χ2n) is 9.16. The lowest BCUT2D eigenvalue weighted by Crippen LogP contribution is -2.60. The number of rotatable bonds is 7. The molecule has 2 N–H and O–H groups in total. The number of aromatic nitrogens is 4. The second-order valence-corrected chi connectivity index (χ2v) is 9.16. The van der Waals surface area contributed by atoms with Crippen molar-refractivity contribution >= 4 is 23.9 Å². The van der Waals surface area contributed by atoms with Gasteiger partial charge < -0.3 is 29.5 Å². The number of anilines is 2. The maximum atomic E-state index is 14.9. The van der Waals surface area contributed by atoms with Gasteiger partial charge >= 0.3 is 12.1 Å². The number of carbonyl (C=O) groups excluding carboxylic acids is 2. The average molecular weight is 536 g/mol. The first kappa shape index (κ1) is 27.2. The molecule has 0 bridgehead atoms. The molecule has 206 valence electrons. The van der Waals surface area contributed by atoms with Crippen molar-refractivity contribution in [1.82, 2.24) is 35.1 Å². The van der Waals surface area contributed by atoms with Gasteiger partial charge in [0.15, 0.2) is 5.82 Å². The molecule has 0 radical (unpaired) electrons. The molecule has 13 nitrogen and oxygen atoms in total. The van der Waals surface area contributed by atoms with E-state index in [2.05, 4.69) is 35.5 Å². The molecule has 2 atom stereocenters. The molecular formula is C23H31F2N9O4. The van der Waals surface area contributed by atoms with Crippen LogP contribution in [-0.4, -0.2) is 107 Å². The number of urea groups is 1. The van der Waals surface area contributed by atoms with E-state index in [1.807, 2.05) is 7.05 Å². The van der Waals surface area contributed by atoms with Crippen molar-refractivity contribution in [1.29, 1.82) is 0 Å². The van der Waals surface area contributed by atoms with E-state index < -0.39 is 30.5 Å². The lowest BCUT2D eigenvalue weighted by molar-refractivity contribution is -0.0760. The van der Waals surface area contributed by atoms with Gasteiger partial charge in [0, 0.05) is 51.4 Å². The SMILES string of the molecule is CCOc1cnc(NC(=O)N(C)[C@H]2CN(c3nccc(OC(=O)N[C@H]4CCN(C)C4)n3)CCC2(F)F)cn1. The molecule has 0 aromatic carbocycles. The second kappa shape index (κ2) is 11.7. The van der Waals surface area contributed by atoms with Gasteiger partial charge in [0.05, 0.1) is 19.0 Å². The van der Waals surface area contributed by atoms with E-state index in [1.54, 1.807) is 6.92 Å². The highest BCUT2D eigenvalue weighted by Gasteiger charge is 2.48. The molecule has 2 aliphatic heterocycles. The van der Waals surface area contributed by atoms with E-state index in [1.165, 1.54) is 36.6 Å². The summed E-state index contributed by atoms with van der Waals surface area (Å²) in [5.41, 5.74) is 0. The Morgan fingerprint density at radius 2 is 2.00 bits per heavy atom. The molecule has 2 fully saturated rings. The fourth-order valence-corrected chi connectivity index (χ4v) is 4.30. The number of hydrogen-bond acceptors (Lipinski definition) is 10. The number of hydrogen-bond donors (Lipinski definition) is 2. The summed E-state index contributed by atoms with van der Waals surface area (Å²) in [6, 6.07) is -0.865. The van der Waals surface area contributed by atoms with Crippen LogP contribution >= 0.6 is 0 Å². The Hall–Kier alpha value is -3.88. The third-order valence-electron chi connectivity index (χ3n) is 6.35. The zero-order chi connectivity index (χ0) is 27.3. The molecule has 38 heavy (non-hydrogen) atoms. The number of alkyl halides is 2. The fourth-order valence-electron chi connectivity index (χ4n) is 4.30. The van der Waals surface area contributed by atoms with Crippen molar-refractivity contribution < 1.29 is 27.8 Å². The fraction of sp³-hybridized carbons (Fsp3) is 0.565. The first-order valence-electron chi connectivity index (χ1n) is 12.3. The van der Waals surface area contributed by atoms with Crippen molar-refractivity contribution in [3.05, 3.63) is 24.7 Å². The van der Waals surface area contributed by atoms with Crippen LogP contribution < -0.4 is 25.0 Å². The Labute approximate surface area is 218 Å². The Kier molecular flexibility index (Phi) is 8.34. The number of likely N-dealkylation sites (N-methyl/N-ethyl adjacent to an activating group) is 2. The van der Waals surface area contributed by atoms with Crippen LogP contribution in [0.2, 0.25) is 0 Å². The molecule has 2 saturated heterocycles. The van der Waals surface area contributed by atoms with Gasteiger partial charge in [-0.05, 0) is 26.9 Å². The highest BCUT2D eigenvalue weighted by molar-refractivity contribution is 5.88. The summed E-state index contributed by atoms with van der Waals surface area (Å²) in [4.78, 5) is 46.0. The molecule has 2 aliphatic rings. The van der Waals surface area contributed by atoms with Crippen LogP contribution in [0.3, 0.4) is 0 Å². The minimum absolute atomic E-state index is 0.00657.